The maximum atomic E-state index is 11.5. The molecule has 1 unspecified atom stereocenters. The van der Waals surface area contributed by atoms with Crippen LogP contribution in [0, 0.1) is 0 Å². The molecule has 20 heavy (non-hydrogen) atoms. The Morgan fingerprint density at radius 1 is 1.40 bits per heavy atom. The molecule has 2 heterocycles. The summed E-state index contributed by atoms with van der Waals surface area (Å²) in [6.45, 7) is 1.26. The number of carbonyl (C=O) groups is 1. The highest BCUT2D eigenvalue weighted by atomic mass is 16.4. The van der Waals surface area contributed by atoms with Crippen molar-refractivity contribution in [2.45, 2.75) is 25.6 Å². The molecule has 0 fully saturated rings. The lowest BCUT2D eigenvalue weighted by Crippen LogP contribution is -2.45. The molecule has 1 aliphatic heterocycles. The lowest BCUT2D eigenvalue weighted by Gasteiger charge is -2.34. The van der Waals surface area contributed by atoms with Crippen molar-refractivity contribution in [1.82, 2.24) is 14.5 Å². The molecular weight excluding hydrogens is 254 g/mol. The summed E-state index contributed by atoms with van der Waals surface area (Å²) in [4.78, 5) is 17.6. The Hall–Kier alpha value is -2.14. The summed E-state index contributed by atoms with van der Waals surface area (Å²) < 4.78 is 1.93. The number of carboxylic acids is 1. The van der Waals surface area contributed by atoms with Crippen molar-refractivity contribution in [2.75, 3.05) is 0 Å². The number of aliphatic carboxylic acids is 1. The summed E-state index contributed by atoms with van der Waals surface area (Å²) in [6, 6.07) is 7.59. The fraction of sp³-hybridized carbons (Fsp3) is 0.333. The molecular formula is C15H17N3O2. The predicted molar refractivity (Wildman–Crippen MR) is 74.0 cm³/mol. The van der Waals surface area contributed by atoms with Gasteiger partial charge in [0.15, 0.2) is 0 Å². The zero-order valence-corrected chi connectivity index (χ0v) is 11.4. The van der Waals surface area contributed by atoms with Gasteiger partial charge in [-0.05, 0) is 17.5 Å². The van der Waals surface area contributed by atoms with E-state index in [1.54, 1.807) is 12.5 Å². The highest BCUT2D eigenvalue weighted by Gasteiger charge is 2.31. The lowest BCUT2D eigenvalue weighted by molar-refractivity contribution is -0.144. The second-order valence-electron chi connectivity index (χ2n) is 5.23. The van der Waals surface area contributed by atoms with Crippen molar-refractivity contribution in [3.05, 3.63) is 53.6 Å². The normalized spacial score (nSPS) is 18.8. The summed E-state index contributed by atoms with van der Waals surface area (Å²) in [5.74, 6) is -0.762. The summed E-state index contributed by atoms with van der Waals surface area (Å²) >= 11 is 0. The Labute approximate surface area is 117 Å². The van der Waals surface area contributed by atoms with E-state index in [-0.39, 0.29) is 0 Å². The molecule has 0 radical (unpaired) electrons. The van der Waals surface area contributed by atoms with Crippen LogP contribution in [0.25, 0.3) is 0 Å². The molecule has 3 rings (SSSR count). The van der Waals surface area contributed by atoms with E-state index in [1.807, 2.05) is 34.7 Å². The van der Waals surface area contributed by atoms with Gasteiger partial charge >= 0.3 is 5.97 Å². The van der Waals surface area contributed by atoms with Crippen LogP contribution in [0.2, 0.25) is 0 Å². The molecule has 5 nitrogen and oxygen atoms in total. The molecule has 0 spiro atoms. The van der Waals surface area contributed by atoms with E-state index in [4.69, 9.17) is 0 Å². The SMILES string of the molecule is Cn1cncc1CN1Cc2ccccc2CC1C(=O)O. The van der Waals surface area contributed by atoms with Gasteiger partial charge in [0.1, 0.15) is 6.04 Å². The molecule has 0 amide bonds. The van der Waals surface area contributed by atoms with Crippen molar-refractivity contribution in [3.8, 4) is 0 Å². The van der Waals surface area contributed by atoms with Gasteiger partial charge in [0.05, 0.1) is 12.0 Å². The monoisotopic (exact) mass is 271 g/mol. The minimum absolute atomic E-state index is 0.472. The van der Waals surface area contributed by atoms with Gasteiger partial charge in [-0.1, -0.05) is 24.3 Å². The fourth-order valence-corrected chi connectivity index (χ4v) is 2.73. The topological polar surface area (TPSA) is 58.4 Å². The molecule has 1 aromatic heterocycles. The number of carboxylic acid groups (broad SMARTS) is 1. The molecule has 104 valence electrons. The molecule has 1 aliphatic rings. The Kier molecular flexibility index (Phi) is 3.28. The highest BCUT2D eigenvalue weighted by molar-refractivity contribution is 5.74. The van der Waals surface area contributed by atoms with Crippen molar-refractivity contribution < 1.29 is 9.90 Å². The van der Waals surface area contributed by atoms with E-state index >= 15 is 0 Å². The number of nitrogens with zero attached hydrogens (tertiary/aromatic N) is 3. The standard InChI is InChI=1S/C15H17N3O2/c1-17-10-16-7-13(17)9-18-8-12-5-3-2-4-11(12)6-14(18)15(19)20/h2-5,7,10,14H,6,8-9H2,1H3,(H,19,20). The zero-order chi connectivity index (χ0) is 14.1. The number of aromatic nitrogens is 2. The Morgan fingerprint density at radius 3 is 2.80 bits per heavy atom. The number of hydrogen-bond acceptors (Lipinski definition) is 3. The van der Waals surface area contributed by atoms with Gasteiger partial charge in [0.25, 0.3) is 0 Å². The molecule has 0 saturated carbocycles. The van der Waals surface area contributed by atoms with Crippen molar-refractivity contribution in [1.29, 1.82) is 0 Å². The van der Waals surface area contributed by atoms with Gasteiger partial charge < -0.3 is 9.67 Å². The van der Waals surface area contributed by atoms with Crippen LogP contribution in [0.1, 0.15) is 16.8 Å². The van der Waals surface area contributed by atoms with E-state index in [1.165, 1.54) is 5.56 Å². The van der Waals surface area contributed by atoms with Crippen molar-refractivity contribution in [2.24, 2.45) is 7.05 Å². The van der Waals surface area contributed by atoms with Crippen molar-refractivity contribution >= 4 is 5.97 Å². The van der Waals surface area contributed by atoms with Crippen LogP contribution in [-0.2, 0) is 31.4 Å². The van der Waals surface area contributed by atoms with Crippen LogP contribution in [0.5, 0.6) is 0 Å². The molecule has 1 aromatic carbocycles. The number of hydrogen-bond donors (Lipinski definition) is 1. The van der Waals surface area contributed by atoms with E-state index < -0.39 is 12.0 Å². The van der Waals surface area contributed by atoms with Crippen LogP contribution in [0.4, 0.5) is 0 Å². The Morgan fingerprint density at radius 2 is 2.15 bits per heavy atom. The van der Waals surface area contributed by atoms with Crippen molar-refractivity contribution in [3.63, 3.8) is 0 Å². The third-order valence-electron chi connectivity index (χ3n) is 3.91. The summed E-state index contributed by atoms with van der Waals surface area (Å²) in [6.07, 6.45) is 4.09. The molecule has 1 atom stereocenters. The summed E-state index contributed by atoms with van der Waals surface area (Å²) in [5, 5.41) is 9.47. The largest absolute Gasteiger partial charge is 0.480 e. The van der Waals surface area contributed by atoms with E-state index in [0.29, 0.717) is 19.5 Å². The molecule has 0 bridgehead atoms. The number of fused-ring (bicyclic) bond motifs is 1. The quantitative estimate of drug-likeness (QED) is 0.917. The maximum absolute atomic E-state index is 11.5. The second-order valence-corrected chi connectivity index (χ2v) is 5.23. The molecule has 0 saturated heterocycles. The number of imidazole rings is 1. The third-order valence-corrected chi connectivity index (χ3v) is 3.91. The van der Waals surface area contributed by atoms with Crippen LogP contribution in [0.3, 0.4) is 0 Å². The average Bonchev–Trinajstić information content (AvgIpc) is 2.83. The second kappa shape index (κ2) is 5.09. The number of benzene rings is 1. The minimum Gasteiger partial charge on any atom is -0.480 e. The first-order valence-corrected chi connectivity index (χ1v) is 6.64. The average molecular weight is 271 g/mol. The zero-order valence-electron chi connectivity index (χ0n) is 11.4. The molecule has 5 heteroatoms. The van der Waals surface area contributed by atoms with Crippen LogP contribution in [0.15, 0.2) is 36.8 Å². The van der Waals surface area contributed by atoms with E-state index in [2.05, 4.69) is 11.1 Å². The van der Waals surface area contributed by atoms with Gasteiger partial charge in [-0.3, -0.25) is 9.69 Å². The van der Waals surface area contributed by atoms with Crippen LogP contribution < -0.4 is 0 Å². The van der Waals surface area contributed by atoms with Gasteiger partial charge in [-0.25, -0.2) is 4.98 Å². The number of rotatable bonds is 3. The van der Waals surface area contributed by atoms with Crippen LogP contribution >= 0.6 is 0 Å². The minimum atomic E-state index is -0.762. The van der Waals surface area contributed by atoms with Gasteiger partial charge in [0, 0.05) is 26.3 Å². The first-order chi connectivity index (χ1) is 9.65. The van der Waals surface area contributed by atoms with E-state index in [0.717, 1.165) is 11.3 Å². The lowest BCUT2D eigenvalue weighted by atomic mass is 9.94. The Bertz CT molecular complexity index is 636. The van der Waals surface area contributed by atoms with Gasteiger partial charge in [-0.2, -0.15) is 0 Å². The van der Waals surface area contributed by atoms with Gasteiger partial charge in [-0.15, -0.1) is 0 Å². The fourth-order valence-electron chi connectivity index (χ4n) is 2.73. The first-order valence-electron chi connectivity index (χ1n) is 6.64. The smallest absolute Gasteiger partial charge is 0.321 e. The van der Waals surface area contributed by atoms with Crippen LogP contribution in [-0.4, -0.2) is 31.6 Å². The maximum Gasteiger partial charge on any atom is 0.321 e. The summed E-state index contributed by atoms with van der Waals surface area (Å²) in [7, 11) is 1.93. The highest BCUT2D eigenvalue weighted by Crippen LogP contribution is 2.24. The van der Waals surface area contributed by atoms with E-state index in [9.17, 15) is 9.90 Å². The molecule has 2 aromatic rings. The molecule has 1 N–H and O–H groups in total. The first kappa shape index (κ1) is 12.9. The number of aryl methyl sites for hydroxylation is 1. The Balaban J connectivity index is 1.89. The predicted octanol–water partition coefficient (Wildman–Crippen LogP) is 1.43. The molecule has 0 aliphatic carbocycles. The summed E-state index contributed by atoms with van der Waals surface area (Å²) in [5.41, 5.74) is 3.38. The van der Waals surface area contributed by atoms with Gasteiger partial charge in [0.2, 0.25) is 0 Å². The third kappa shape index (κ3) is 2.32.